The Bertz CT molecular complexity index is 62.3. The minimum absolute atomic E-state index is 0.807. The van der Waals surface area contributed by atoms with Crippen LogP contribution in [0, 0.1) is 0 Å². The number of alkyl halides is 1. The van der Waals surface area contributed by atoms with E-state index < -0.39 is 0 Å². The number of hydrogen-bond donors (Lipinski definition) is 0. The zero-order valence-electron chi connectivity index (χ0n) is 7.07. The van der Waals surface area contributed by atoms with E-state index in [1.807, 2.05) is 0 Å². The van der Waals surface area contributed by atoms with Crippen molar-refractivity contribution in [3.63, 3.8) is 0 Å². The second kappa shape index (κ2) is 7.36. The first kappa shape index (κ1) is 10.2. The Morgan fingerprint density at radius 1 is 1.10 bits per heavy atom. The van der Waals surface area contributed by atoms with Crippen LogP contribution in [0.5, 0.6) is 0 Å². The molecular weight excluding hydrogens is 146 g/mol. The van der Waals surface area contributed by atoms with Crippen LogP contribution in [0.3, 0.4) is 0 Å². The number of halogens is 1. The maximum atomic E-state index is 5.55. The van der Waals surface area contributed by atoms with E-state index in [9.17, 15) is 0 Å². The van der Waals surface area contributed by atoms with Crippen molar-refractivity contribution in [2.45, 2.75) is 26.7 Å². The van der Waals surface area contributed by atoms with Gasteiger partial charge in [-0.15, -0.1) is 11.6 Å². The number of hydrogen-bond acceptors (Lipinski definition) is 1. The third-order valence-electron chi connectivity index (χ3n) is 1.75. The molecule has 0 radical (unpaired) electrons. The molecule has 10 heavy (non-hydrogen) atoms. The molecule has 0 aromatic heterocycles. The lowest BCUT2D eigenvalue weighted by Crippen LogP contribution is -2.23. The third kappa shape index (κ3) is 5.07. The van der Waals surface area contributed by atoms with Crippen LogP contribution in [0.2, 0.25) is 0 Å². The number of nitrogens with zero attached hydrogens (tertiary/aromatic N) is 1. The summed E-state index contributed by atoms with van der Waals surface area (Å²) in [6.45, 7) is 7.94. The summed E-state index contributed by atoms with van der Waals surface area (Å²) in [7, 11) is 0. The van der Waals surface area contributed by atoms with Gasteiger partial charge in [0.05, 0.1) is 0 Å². The quantitative estimate of drug-likeness (QED) is 0.429. The van der Waals surface area contributed by atoms with Crippen LogP contribution in [0.1, 0.15) is 26.7 Å². The second-order valence-electron chi connectivity index (χ2n) is 2.42. The van der Waals surface area contributed by atoms with Gasteiger partial charge in [-0.1, -0.05) is 13.8 Å². The molecule has 0 N–H and O–H groups in total. The SMILES string of the molecule is CCN(CC)CCCCCl. The van der Waals surface area contributed by atoms with Crippen LogP contribution in [0.15, 0.2) is 0 Å². The molecule has 0 fully saturated rings. The van der Waals surface area contributed by atoms with Crippen molar-refractivity contribution in [1.82, 2.24) is 4.90 Å². The summed E-state index contributed by atoms with van der Waals surface area (Å²) >= 11 is 5.55. The molecule has 0 bridgehead atoms. The van der Waals surface area contributed by atoms with Gasteiger partial charge in [0, 0.05) is 5.88 Å². The molecule has 0 atom stereocenters. The van der Waals surface area contributed by atoms with Gasteiger partial charge in [0.1, 0.15) is 0 Å². The summed E-state index contributed by atoms with van der Waals surface area (Å²) in [4.78, 5) is 2.42. The largest absolute Gasteiger partial charge is 0.304 e. The van der Waals surface area contributed by atoms with Gasteiger partial charge in [-0.3, -0.25) is 0 Å². The van der Waals surface area contributed by atoms with E-state index in [4.69, 9.17) is 11.6 Å². The molecule has 0 aliphatic heterocycles. The molecular formula is C8H18ClN. The van der Waals surface area contributed by atoms with Gasteiger partial charge in [0.2, 0.25) is 0 Å². The average Bonchev–Trinajstić information content (AvgIpc) is 1.99. The van der Waals surface area contributed by atoms with Crippen LogP contribution in [0.25, 0.3) is 0 Å². The average molecular weight is 164 g/mol. The van der Waals surface area contributed by atoms with Gasteiger partial charge in [0.25, 0.3) is 0 Å². The first-order valence-electron chi connectivity index (χ1n) is 4.13. The molecule has 0 spiro atoms. The van der Waals surface area contributed by atoms with Crippen LogP contribution >= 0.6 is 11.6 Å². The lowest BCUT2D eigenvalue weighted by atomic mass is 10.3. The molecule has 0 heterocycles. The van der Waals surface area contributed by atoms with E-state index >= 15 is 0 Å². The smallest absolute Gasteiger partial charge is 0.0223 e. The minimum Gasteiger partial charge on any atom is -0.304 e. The Labute approximate surface area is 69.4 Å². The molecule has 0 aromatic rings. The normalized spacial score (nSPS) is 10.8. The highest BCUT2D eigenvalue weighted by molar-refractivity contribution is 6.17. The molecule has 0 unspecified atom stereocenters. The van der Waals surface area contributed by atoms with E-state index in [1.165, 1.54) is 26.1 Å². The standard InChI is InChI=1S/C8H18ClN/c1-3-10(4-2)8-6-5-7-9/h3-8H2,1-2H3. The van der Waals surface area contributed by atoms with Crippen molar-refractivity contribution >= 4 is 11.6 Å². The van der Waals surface area contributed by atoms with E-state index in [1.54, 1.807) is 0 Å². The Hall–Kier alpha value is 0.250. The zero-order valence-corrected chi connectivity index (χ0v) is 7.82. The van der Waals surface area contributed by atoms with Crippen molar-refractivity contribution in [1.29, 1.82) is 0 Å². The molecule has 0 aliphatic rings. The van der Waals surface area contributed by atoms with E-state index in [0.717, 1.165) is 12.3 Å². The highest BCUT2D eigenvalue weighted by Gasteiger charge is 1.96. The summed E-state index contributed by atoms with van der Waals surface area (Å²) in [5.74, 6) is 0.807. The lowest BCUT2D eigenvalue weighted by molar-refractivity contribution is 0.299. The minimum atomic E-state index is 0.807. The fraction of sp³-hybridized carbons (Fsp3) is 1.00. The lowest BCUT2D eigenvalue weighted by Gasteiger charge is -2.16. The van der Waals surface area contributed by atoms with Gasteiger partial charge in [-0.25, -0.2) is 0 Å². The Kier molecular flexibility index (Phi) is 7.54. The summed E-state index contributed by atoms with van der Waals surface area (Å²) in [5.41, 5.74) is 0. The fourth-order valence-electron chi connectivity index (χ4n) is 0.970. The molecule has 0 saturated heterocycles. The Balaban J connectivity index is 3.09. The summed E-state index contributed by atoms with van der Waals surface area (Å²) < 4.78 is 0. The Morgan fingerprint density at radius 2 is 1.70 bits per heavy atom. The van der Waals surface area contributed by atoms with Crippen molar-refractivity contribution in [3.8, 4) is 0 Å². The van der Waals surface area contributed by atoms with Crippen LogP contribution in [0.4, 0.5) is 0 Å². The van der Waals surface area contributed by atoms with E-state index in [2.05, 4.69) is 18.7 Å². The van der Waals surface area contributed by atoms with Crippen LogP contribution in [-0.4, -0.2) is 30.4 Å². The predicted octanol–water partition coefficient (Wildman–Crippen LogP) is 2.35. The second-order valence-corrected chi connectivity index (χ2v) is 2.80. The van der Waals surface area contributed by atoms with Gasteiger partial charge >= 0.3 is 0 Å². The maximum absolute atomic E-state index is 5.55. The first-order valence-corrected chi connectivity index (χ1v) is 4.66. The molecule has 1 nitrogen and oxygen atoms in total. The van der Waals surface area contributed by atoms with Crippen molar-refractivity contribution in [3.05, 3.63) is 0 Å². The van der Waals surface area contributed by atoms with Crippen LogP contribution < -0.4 is 0 Å². The van der Waals surface area contributed by atoms with E-state index in [-0.39, 0.29) is 0 Å². The summed E-state index contributed by atoms with van der Waals surface area (Å²) in [6, 6.07) is 0. The predicted molar refractivity (Wildman–Crippen MR) is 47.7 cm³/mol. The first-order chi connectivity index (χ1) is 4.85. The molecule has 0 amide bonds. The van der Waals surface area contributed by atoms with Gasteiger partial charge < -0.3 is 4.90 Å². The number of rotatable bonds is 6. The fourth-order valence-corrected chi connectivity index (χ4v) is 1.16. The molecule has 0 rings (SSSR count). The molecule has 0 aliphatic carbocycles. The summed E-state index contributed by atoms with van der Waals surface area (Å²) in [6.07, 6.45) is 2.39. The van der Waals surface area contributed by atoms with Crippen molar-refractivity contribution in [2.75, 3.05) is 25.5 Å². The molecule has 0 aromatic carbocycles. The molecule has 0 saturated carbocycles. The van der Waals surface area contributed by atoms with Crippen molar-refractivity contribution < 1.29 is 0 Å². The maximum Gasteiger partial charge on any atom is 0.0223 e. The zero-order chi connectivity index (χ0) is 7.82. The topological polar surface area (TPSA) is 3.24 Å². The molecule has 62 valence electrons. The van der Waals surface area contributed by atoms with Gasteiger partial charge in [0.15, 0.2) is 0 Å². The highest BCUT2D eigenvalue weighted by Crippen LogP contribution is 1.95. The van der Waals surface area contributed by atoms with Gasteiger partial charge in [-0.05, 0) is 32.5 Å². The highest BCUT2D eigenvalue weighted by atomic mass is 35.5. The molecule has 2 heteroatoms. The number of unbranched alkanes of at least 4 members (excludes halogenated alkanes) is 1. The monoisotopic (exact) mass is 163 g/mol. The van der Waals surface area contributed by atoms with E-state index in [0.29, 0.717) is 0 Å². The Morgan fingerprint density at radius 3 is 2.10 bits per heavy atom. The van der Waals surface area contributed by atoms with Crippen molar-refractivity contribution in [2.24, 2.45) is 0 Å². The summed E-state index contributed by atoms with van der Waals surface area (Å²) in [5, 5.41) is 0. The van der Waals surface area contributed by atoms with Gasteiger partial charge in [-0.2, -0.15) is 0 Å². The third-order valence-corrected chi connectivity index (χ3v) is 2.02. The van der Waals surface area contributed by atoms with Crippen LogP contribution in [-0.2, 0) is 0 Å².